The number of hydrogen-bond donors (Lipinski definition) is 1. The number of hydrogen-bond acceptors (Lipinski definition) is 3. The first kappa shape index (κ1) is 20.0. The standard InChI is InChI=1S/C18H28N3PSe/c1-17(2,3)22(23,18(4,5)6)20-15-11-8-9-12-16(15)21(7)14-10-13-19/h8-12,14H,1-7H3,(H,20,23)/b14-10+. The van der Waals surface area contributed by atoms with E-state index in [4.69, 9.17) is 5.26 Å². The number of nitriles is 1. The fraction of sp³-hybridized carbons (Fsp3) is 0.500. The van der Waals surface area contributed by atoms with E-state index in [-0.39, 0.29) is 10.3 Å². The van der Waals surface area contributed by atoms with Gasteiger partial charge in [-0.2, -0.15) is 0 Å². The molecule has 3 nitrogen and oxygen atoms in total. The summed E-state index contributed by atoms with van der Waals surface area (Å²) in [4.78, 5) is 1.97. The Bertz CT molecular complexity index is 642. The van der Waals surface area contributed by atoms with Crippen molar-refractivity contribution < 1.29 is 0 Å². The average Bonchev–Trinajstić information content (AvgIpc) is 2.42. The van der Waals surface area contributed by atoms with Crippen LogP contribution in [-0.4, -0.2) is 32.5 Å². The Morgan fingerprint density at radius 3 is 2.13 bits per heavy atom. The Morgan fingerprint density at radius 1 is 1.13 bits per heavy atom. The summed E-state index contributed by atoms with van der Waals surface area (Å²) in [5.74, 6) is 0. The van der Waals surface area contributed by atoms with Gasteiger partial charge in [-0.3, -0.25) is 0 Å². The minimum absolute atomic E-state index is 0.124. The van der Waals surface area contributed by atoms with E-state index in [2.05, 4.69) is 73.9 Å². The molecule has 1 aromatic carbocycles. The molecule has 1 N–H and O–H groups in total. The maximum atomic E-state index is 8.75. The number of anilines is 2. The molecule has 126 valence electrons. The van der Waals surface area contributed by atoms with Gasteiger partial charge in [0.15, 0.2) is 0 Å². The van der Waals surface area contributed by atoms with Crippen LogP contribution in [0.2, 0.25) is 0 Å². The van der Waals surface area contributed by atoms with Crippen LogP contribution in [0.3, 0.4) is 0 Å². The van der Waals surface area contributed by atoms with Crippen LogP contribution >= 0.6 is 5.66 Å². The molecule has 1 rings (SSSR count). The summed E-state index contributed by atoms with van der Waals surface area (Å²) in [7, 11) is 1.96. The molecule has 0 saturated heterocycles. The van der Waals surface area contributed by atoms with Gasteiger partial charge in [0.2, 0.25) is 0 Å². The summed E-state index contributed by atoms with van der Waals surface area (Å²) < 4.78 is 0. The number of allylic oxidation sites excluding steroid dienone is 1. The van der Waals surface area contributed by atoms with Gasteiger partial charge in [-0.15, -0.1) is 0 Å². The molecule has 0 amide bonds. The molecule has 0 bridgehead atoms. The first-order chi connectivity index (χ1) is 10.4. The monoisotopic (exact) mass is 397 g/mol. The van der Waals surface area contributed by atoms with Gasteiger partial charge < -0.3 is 0 Å². The predicted molar refractivity (Wildman–Crippen MR) is 105 cm³/mol. The topological polar surface area (TPSA) is 39.1 Å². The second kappa shape index (κ2) is 7.27. The third-order valence-corrected chi connectivity index (χ3v) is 15.6. The first-order valence-corrected chi connectivity index (χ1v) is 11.7. The third kappa shape index (κ3) is 4.51. The molecule has 5 heteroatoms. The molecule has 0 unspecified atom stereocenters. The van der Waals surface area contributed by atoms with Crippen molar-refractivity contribution in [2.24, 2.45) is 0 Å². The fourth-order valence-electron chi connectivity index (χ4n) is 2.61. The summed E-state index contributed by atoms with van der Waals surface area (Å²) in [6, 6.07) is 10.3. The molecular formula is C18H28N3PSe. The van der Waals surface area contributed by atoms with Crippen molar-refractivity contribution >= 4 is 32.1 Å². The number of para-hydroxylation sites is 2. The summed E-state index contributed by atoms with van der Waals surface area (Å²) in [6.07, 6.45) is 3.28. The Morgan fingerprint density at radius 2 is 1.65 bits per heavy atom. The average molecular weight is 396 g/mol. The zero-order chi connectivity index (χ0) is 17.9. The molecule has 0 aliphatic rings. The third-order valence-electron chi connectivity index (χ3n) is 3.82. The maximum absolute atomic E-state index is 8.75. The van der Waals surface area contributed by atoms with Crippen molar-refractivity contribution in [2.75, 3.05) is 17.0 Å². The molecule has 0 aliphatic heterocycles. The van der Waals surface area contributed by atoms with E-state index >= 15 is 0 Å². The van der Waals surface area contributed by atoms with E-state index in [9.17, 15) is 0 Å². The summed E-state index contributed by atoms with van der Waals surface area (Å²) >= 11 is 3.54. The van der Waals surface area contributed by atoms with Crippen LogP contribution in [0.4, 0.5) is 11.4 Å². The van der Waals surface area contributed by atoms with Gasteiger partial charge >= 0.3 is 149 Å². The number of nitrogens with one attached hydrogen (secondary N) is 1. The normalized spacial score (nSPS) is 13.0. The zero-order valence-corrected chi connectivity index (χ0v) is 17.8. The second-order valence-electron chi connectivity index (χ2n) is 7.64. The zero-order valence-electron chi connectivity index (χ0n) is 15.2. The summed E-state index contributed by atoms with van der Waals surface area (Å²) in [5.41, 5.74) is 0.512. The van der Waals surface area contributed by atoms with Crippen LogP contribution in [0.15, 0.2) is 36.5 Å². The molecular weight excluding hydrogens is 368 g/mol. The molecule has 1 aromatic rings. The van der Waals surface area contributed by atoms with Gasteiger partial charge in [-0.25, -0.2) is 0 Å². The molecule has 0 aromatic heterocycles. The van der Waals surface area contributed by atoms with Gasteiger partial charge in [0.1, 0.15) is 0 Å². The quantitative estimate of drug-likeness (QED) is 0.433. The van der Waals surface area contributed by atoms with E-state index in [0.717, 1.165) is 11.4 Å². The fourth-order valence-corrected chi connectivity index (χ4v) is 6.44. The molecule has 0 fully saturated rings. The molecule has 23 heavy (non-hydrogen) atoms. The Balaban J connectivity index is 3.36. The van der Waals surface area contributed by atoms with Gasteiger partial charge in [-0.05, 0) is 0 Å². The van der Waals surface area contributed by atoms with E-state index in [1.165, 1.54) is 6.08 Å². The molecule has 0 heterocycles. The Labute approximate surface area is 149 Å². The number of rotatable bonds is 4. The second-order valence-corrected chi connectivity index (χ2v) is 15.2. The summed E-state index contributed by atoms with van der Waals surface area (Å²) in [5, 5.41) is 12.9. The molecule has 0 radical (unpaired) electrons. The number of nitrogens with zero attached hydrogens (tertiary/aromatic N) is 2. The van der Waals surface area contributed by atoms with Crippen LogP contribution in [0.1, 0.15) is 41.5 Å². The van der Waals surface area contributed by atoms with Crippen LogP contribution in [-0.2, 0) is 0 Å². The van der Waals surface area contributed by atoms with Crippen molar-refractivity contribution in [3.8, 4) is 6.07 Å². The van der Waals surface area contributed by atoms with Crippen molar-refractivity contribution in [1.29, 1.82) is 5.26 Å². The van der Waals surface area contributed by atoms with Crippen molar-refractivity contribution in [2.45, 2.75) is 51.9 Å². The molecule has 0 saturated carbocycles. The van der Waals surface area contributed by atoms with Crippen LogP contribution < -0.4 is 9.99 Å². The van der Waals surface area contributed by atoms with Gasteiger partial charge in [0.05, 0.1) is 0 Å². The van der Waals surface area contributed by atoms with E-state index in [0.29, 0.717) is 0 Å². The van der Waals surface area contributed by atoms with Gasteiger partial charge in [0, 0.05) is 0 Å². The number of benzene rings is 1. The Hall–Kier alpha value is -1.00. The summed E-state index contributed by atoms with van der Waals surface area (Å²) in [6.45, 7) is 13.7. The minimum atomic E-state index is -1.64. The molecule has 0 atom stereocenters. The van der Waals surface area contributed by atoms with E-state index < -0.39 is 5.66 Å². The first-order valence-electron chi connectivity index (χ1n) is 7.71. The van der Waals surface area contributed by atoms with Crippen molar-refractivity contribution in [1.82, 2.24) is 0 Å². The van der Waals surface area contributed by atoms with E-state index in [1.54, 1.807) is 6.20 Å². The molecule has 0 aliphatic carbocycles. The van der Waals surface area contributed by atoms with E-state index in [1.807, 2.05) is 30.1 Å². The predicted octanol–water partition coefficient (Wildman–Crippen LogP) is 5.19. The van der Waals surface area contributed by atoms with Crippen LogP contribution in [0.5, 0.6) is 0 Å². The van der Waals surface area contributed by atoms with Crippen LogP contribution in [0.25, 0.3) is 0 Å². The van der Waals surface area contributed by atoms with Gasteiger partial charge in [0.25, 0.3) is 0 Å². The van der Waals surface area contributed by atoms with Crippen LogP contribution in [0, 0.1) is 11.3 Å². The Kier molecular flexibility index (Phi) is 6.33. The van der Waals surface area contributed by atoms with Crippen molar-refractivity contribution in [3.05, 3.63) is 36.5 Å². The van der Waals surface area contributed by atoms with Gasteiger partial charge in [-0.1, -0.05) is 0 Å². The van der Waals surface area contributed by atoms with Crippen molar-refractivity contribution in [3.63, 3.8) is 0 Å². The molecule has 0 spiro atoms. The SMILES string of the molecule is CN(/C=C/C#N)c1ccccc1NP(=[Se])(C(C)(C)C)C(C)(C)C.